The number of urea groups is 1. The summed E-state index contributed by atoms with van der Waals surface area (Å²) in [4.78, 5) is 36.7. The van der Waals surface area contributed by atoms with Gasteiger partial charge >= 0.3 is 12.2 Å². The summed E-state index contributed by atoms with van der Waals surface area (Å²) < 4.78 is 69.6. The Balaban J connectivity index is 1.35. The zero-order chi connectivity index (χ0) is 32.6. The fourth-order valence-electron chi connectivity index (χ4n) is 4.56. The second-order valence-corrected chi connectivity index (χ2v) is 11.4. The molecule has 3 amide bonds. The molecule has 0 radical (unpaired) electrons. The van der Waals surface area contributed by atoms with E-state index in [1.807, 2.05) is 13.8 Å². The summed E-state index contributed by atoms with van der Waals surface area (Å²) in [6.07, 6.45) is -3.20. The molecule has 0 atom stereocenters. The number of amidine groups is 1. The molecule has 1 aliphatic heterocycles. The predicted molar refractivity (Wildman–Crippen MR) is 163 cm³/mol. The number of alkyl halides is 3. The van der Waals surface area contributed by atoms with Crippen LogP contribution in [0.4, 0.5) is 43.8 Å². The van der Waals surface area contributed by atoms with E-state index in [-0.39, 0.29) is 45.5 Å². The number of carbonyl (C=O) groups is 2. The molecule has 4 aromatic rings. The summed E-state index contributed by atoms with van der Waals surface area (Å²) in [7, 11) is 3.34. The highest BCUT2D eigenvalue weighted by atomic mass is 32.2. The molecule has 234 valence electrons. The number of anilines is 3. The summed E-state index contributed by atoms with van der Waals surface area (Å²) in [5, 5.41) is 6.64. The van der Waals surface area contributed by atoms with Gasteiger partial charge in [-0.3, -0.25) is 9.69 Å². The minimum absolute atomic E-state index is 0.00744. The summed E-state index contributed by atoms with van der Waals surface area (Å²) in [6, 6.07) is 10.1. The summed E-state index contributed by atoms with van der Waals surface area (Å²) in [6.45, 7) is 3.71. The van der Waals surface area contributed by atoms with Crippen molar-refractivity contribution in [2.24, 2.45) is 4.99 Å². The lowest BCUT2D eigenvalue weighted by Gasteiger charge is -2.24. The molecule has 1 N–H and O–H groups in total. The molecule has 2 heterocycles. The van der Waals surface area contributed by atoms with E-state index in [9.17, 15) is 27.2 Å². The predicted octanol–water partition coefficient (Wildman–Crippen LogP) is 7.09. The Bertz CT molecular complexity index is 1800. The van der Waals surface area contributed by atoms with Crippen molar-refractivity contribution < 1.29 is 31.5 Å². The molecule has 9 nitrogen and oxygen atoms in total. The van der Waals surface area contributed by atoms with Crippen LogP contribution in [0, 0.1) is 11.6 Å². The van der Waals surface area contributed by atoms with E-state index >= 15 is 4.39 Å². The van der Waals surface area contributed by atoms with E-state index in [2.05, 4.69) is 20.4 Å². The standard InChI is InChI=1S/C30H26F5N7O2S/c1-16(2)20-12-22(32)25(40(3)4)13-24(20)42-26(43)14-45-29(42)38-28(44)37-23-10-5-17(11-21(23)31)27-36-15-41(39-27)19-8-6-18(7-9-19)30(33,34)35/h5-13,15-16H,14H2,1-4H3,(H,37,44)/b38-29-. The van der Waals surface area contributed by atoms with Crippen LogP contribution in [0.15, 0.2) is 65.9 Å². The Morgan fingerprint density at radius 2 is 1.76 bits per heavy atom. The van der Waals surface area contributed by atoms with Gasteiger partial charge in [0.15, 0.2) is 11.0 Å². The molecular weight excluding hydrogens is 617 g/mol. The number of thioether (sulfide) groups is 1. The molecule has 0 bridgehead atoms. The highest BCUT2D eigenvalue weighted by Crippen LogP contribution is 2.37. The lowest BCUT2D eigenvalue weighted by atomic mass is 9.99. The maximum absolute atomic E-state index is 15.1. The molecule has 0 saturated carbocycles. The van der Waals surface area contributed by atoms with Crippen molar-refractivity contribution in [3.8, 4) is 17.1 Å². The van der Waals surface area contributed by atoms with E-state index in [4.69, 9.17) is 0 Å². The van der Waals surface area contributed by atoms with Crippen LogP contribution >= 0.6 is 11.8 Å². The number of amides is 3. The van der Waals surface area contributed by atoms with E-state index in [0.717, 1.165) is 30.0 Å². The number of aromatic nitrogens is 3. The summed E-state index contributed by atoms with van der Waals surface area (Å²) in [5.41, 5.74) is 0.769. The van der Waals surface area contributed by atoms with Crippen LogP contribution in [-0.2, 0) is 11.0 Å². The number of nitrogens with one attached hydrogen (secondary N) is 1. The Morgan fingerprint density at radius 1 is 1.04 bits per heavy atom. The number of hydrogen-bond donors (Lipinski definition) is 1. The number of rotatable bonds is 6. The molecule has 1 aliphatic rings. The van der Waals surface area contributed by atoms with Gasteiger partial charge in [0.05, 0.1) is 34.1 Å². The van der Waals surface area contributed by atoms with Crippen LogP contribution < -0.4 is 15.1 Å². The van der Waals surface area contributed by atoms with Gasteiger partial charge in [-0.15, -0.1) is 5.10 Å². The molecule has 0 spiro atoms. The van der Waals surface area contributed by atoms with Crippen LogP contribution in [0.3, 0.4) is 0 Å². The van der Waals surface area contributed by atoms with Crippen LogP contribution in [-0.4, -0.2) is 51.7 Å². The highest BCUT2D eigenvalue weighted by molar-refractivity contribution is 8.15. The van der Waals surface area contributed by atoms with E-state index in [0.29, 0.717) is 16.9 Å². The first-order valence-electron chi connectivity index (χ1n) is 13.5. The Hall–Kier alpha value is -4.79. The van der Waals surface area contributed by atoms with Crippen molar-refractivity contribution in [3.05, 3.63) is 83.7 Å². The summed E-state index contributed by atoms with van der Waals surface area (Å²) >= 11 is 1.03. The van der Waals surface area contributed by atoms with Crippen molar-refractivity contribution >= 4 is 45.9 Å². The largest absolute Gasteiger partial charge is 0.416 e. The van der Waals surface area contributed by atoms with E-state index in [1.165, 1.54) is 52.3 Å². The zero-order valence-electron chi connectivity index (χ0n) is 24.4. The second-order valence-electron chi connectivity index (χ2n) is 10.5. The first-order valence-corrected chi connectivity index (χ1v) is 14.5. The van der Waals surface area contributed by atoms with Crippen molar-refractivity contribution in [2.45, 2.75) is 25.9 Å². The average molecular weight is 644 g/mol. The van der Waals surface area contributed by atoms with Crippen LogP contribution in [0.5, 0.6) is 0 Å². The van der Waals surface area contributed by atoms with Crippen LogP contribution in [0.1, 0.15) is 30.9 Å². The van der Waals surface area contributed by atoms with Gasteiger partial charge in [0.25, 0.3) is 0 Å². The molecule has 1 saturated heterocycles. The van der Waals surface area contributed by atoms with Gasteiger partial charge in [-0.2, -0.15) is 18.2 Å². The SMILES string of the molecule is CC(C)c1cc(F)c(N(C)C)cc1N1C(=O)CS/C1=N\C(=O)Nc1ccc(-c2ncn(-c3ccc(C(F)(F)F)cc3)n2)cc1F. The third kappa shape index (κ3) is 6.67. The smallest absolute Gasteiger partial charge is 0.375 e. The topological polar surface area (TPSA) is 95.7 Å². The number of nitrogens with zero attached hydrogens (tertiary/aromatic N) is 6. The van der Waals surface area contributed by atoms with Crippen LogP contribution in [0.2, 0.25) is 0 Å². The first-order chi connectivity index (χ1) is 21.2. The highest BCUT2D eigenvalue weighted by Gasteiger charge is 2.34. The number of benzene rings is 3. The zero-order valence-corrected chi connectivity index (χ0v) is 25.2. The van der Waals surface area contributed by atoms with E-state index in [1.54, 1.807) is 19.0 Å². The van der Waals surface area contributed by atoms with Gasteiger partial charge in [-0.25, -0.2) is 23.2 Å². The van der Waals surface area contributed by atoms with Gasteiger partial charge in [0.1, 0.15) is 18.0 Å². The van der Waals surface area contributed by atoms with Gasteiger partial charge in [-0.05, 0) is 66.1 Å². The second kappa shape index (κ2) is 12.3. The quantitative estimate of drug-likeness (QED) is 0.226. The van der Waals surface area contributed by atoms with Crippen molar-refractivity contribution in [1.82, 2.24) is 14.8 Å². The number of halogens is 5. The number of hydrogen-bond acceptors (Lipinski definition) is 6. The molecule has 15 heteroatoms. The first kappa shape index (κ1) is 31.6. The van der Waals surface area contributed by atoms with E-state index < -0.39 is 29.4 Å². The maximum Gasteiger partial charge on any atom is 0.416 e. The van der Waals surface area contributed by atoms with Gasteiger partial charge in [-0.1, -0.05) is 25.6 Å². The lowest BCUT2D eigenvalue weighted by Crippen LogP contribution is -2.31. The maximum atomic E-state index is 15.1. The Labute approximate surface area is 258 Å². The number of carbonyl (C=O) groups excluding carboxylic acids is 2. The number of aliphatic imine (C=N–C) groups is 1. The molecule has 1 aromatic heterocycles. The molecule has 0 aliphatic carbocycles. The Kier molecular flexibility index (Phi) is 8.65. The fourth-order valence-corrected chi connectivity index (χ4v) is 5.41. The third-order valence-electron chi connectivity index (χ3n) is 6.82. The van der Waals surface area contributed by atoms with Crippen molar-refractivity contribution in [3.63, 3.8) is 0 Å². The third-order valence-corrected chi connectivity index (χ3v) is 7.75. The molecule has 1 fully saturated rings. The van der Waals surface area contributed by atoms with Crippen molar-refractivity contribution in [2.75, 3.05) is 35.0 Å². The summed E-state index contributed by atoms with van der Waals surface area (Å²) in [5.74, 6) is -1.67. The fraction of sp³-hybridized carbons (Fsp3) is 0.233. The van der Waals surface area contributed by atoms with Gasteiger partial charge < -0.3 is 10.2 Å². The van der Waals surface area contributed by atoms with Crippen molar-refractivity contribution in [1.29, 1.82) is 0 Å². The molecule has 0 unspecified atom stereocenters. The monoisotopic (exact) mass is 643 g/mol. The molecule has 3 aromatic carbocycles. The molecular formula is C30H26F5N7O2S. The minimum Gasteiger partial charge on any atom is -0.375 e. The molecule has 45 heavy (non-hydrogen) atoms. The Morgan fingerprint density at radius 3 is 2.38 bits per heavy atom. The van der Waals surface area contributed by atoms with Gasteiger partial charge in [0, 0.05) is 19.7 Å². The normalized spacial score (nSPS) is 14.5. The molecule has 5 rings (SSSR count). The van der Waals surface area contributed by atoms with Gasteiger partial charge in [0.2, 0.25) is 5.91 Å². The minimum atomic E-state index is -4.48. The average Bonchev–Trinajstić information content (AvgIpc) is 3.60. The van der Waals surface area contributed by atoms with Crippen LogP contribution in [0.25, 0.3) is 17.1 Å². The lowest BCUT2D eigenvalue weighted by molar-refractivity contribution is -0.137.